The highest BCUT2D eigenvalue weighted by molar-refractivity contribution is 5.91. The zero-order valence-corrected chi connectivity index (χ0v) is 19.7. The number of ether oxygens (including phenoxy) is 3. The van der Waals surface area contributed by atoms with Crippen molar-refractivity contribution in [2.24, 2.45) is 0 Å². The van der Waals surface area contributed by atoms with E-state index in [1.807, 2.05) is 73.7 Å². The quantitative estimate of drug-likeness (QED) is 0.290. The van der Waals surface area contributed by atoms with E-state index in [0.717, 1.165) is 39.1 Å². The van der Waals surface area contributed by atoms with Gasteiger partial charge >= 0.3 is 5.97 Å². The summed E-state index contributed by atoms with van der Waals surface area (Å²) in [7, 11) is 1.52. The molecule has 1 atom stereocenters. The second-order valence-corrected chi connectivity index (χ2v) is 7.94. The minimum absolute atomic E-state index is 0.323. The number of oxazole rings is 1. The number of rotatable bonds is 10. The van der Waals surface area contributed by atoms with Gasteiger partial charge in [0.25, 0.3) is 0 Å². The number of carbonyl (C=O) groups excluding carboxylic acids is 1. The summed E-state index contributed by atoms with van der Waals surface area (Å²) in [5.41, 5.74) is 2.84. The lowest BCUT2D eigenvalue weighted by Gasteiger charge is -2.17. The van der Waals surface area contributed by atoms with E-state index in [9.17, 15) is 4.79 Å². The van der Waals surface area contributed by atoms with Gasteiger partial charge in [-0.25, -0.2) is 9.78 Å². The van der Waals surface area contributed by atoms with Crippen LogP contribution in [0, 0.1) is 6.92 Å². The van der Waals surface area contributed by atoms with Gasteiger partial charge in [0.1, 0.15) is 11.5 Å². The number of esters is 1. The molecule has 176 valence electrons. The van der Waals surface area contributed by atoms with E-state index < -0.39 is 6.10 Å². The van der Waals surface area contributed by atoms with E-state index in [1.165, 1.54) is 7.11 Å². The number of aromatic nitrogens is 1. The molecule has 0 saturated heterocycles. The third-order valence-corrected chi connectivity index (χ3v) is 5.72. The molecule has 0 amide bonds. The van der Waals surface area contributed by atoms with Crippen molar-refractivity contribution in [1.82, 2.24) is 4.98 Å². The minimum Gasteiger partial charge on any atom is -0.493 e. The van der Waals surface area contributed by atoms with Gasteiger partial charge in [-0.05, 0) is 43.0 Å². The summed E-state index contributed by atoms with van der Waals surface area (Å²) in [5, 5.41) is 2.01. The Morgan fingerprint density at radius 1 is 1.00 bits per heavy atom. The van der Waals surface area contributed by atoms with Crippen molar-refractivity contribution in [2.45, 2.75) is 32.8 Å². The van der Waals surface area contributed by atoms with Crippen LogP contribution in [0.15, 0.2) is 71.1 Å². The standard InChI is InChI=1S/C28H29NO5/c1-4-32-28(30)26(31-3)18-21-14-15-25(23-13-9-8-12-22(21)23)33-17-16-24-19(2)34-27(29-24)20-10-6-5-7-11-20/h5-15,26H,4,16-18H2,1-3H3. The average Bonchev–Trinajstić information content (AvgIpc) is 3.24. The summed E-state index contributed by atoms with van der Waals surface area (Å²) in [5.74, 6) is 1.85. The molecule has 0 saturated carbocycles. The normalized spacial score (nSPS) is 12.0. The summed E-state index contributed by atoms with van der Waals surface area (Å²) in [6.07, 6.45) is 0.410. The lowest BCUT2D eigenvalue weighted by atomic mass is 9.99. The molecule has 0 spiro atoms. The van der Waals surface area contributed by atoms with Crippen molar-refractivity contribution in [2.75, 3.05) is 20.3 Å². The molecule has 0 aliphatic heterocycles. The highest BCUT2D eigenvalue weighted by atomic mass is 16.6. The maximum absolute atomic E-state index is 12.2. The summed E-state index contributed by atoms with van der Waals surface area (Å²) in [6.45, 7) is 4.50. The van der Waals surface area contributed by atoms with Gasteiger partial charge in [-0.1, -0.05) is 48.5 Å². The predicted molar refractivity (Wildman–Crippen MR) is 131 cm³/mol. The van der Waals surface area contributed by atoms with Crippen LogP contribution in [-0.4, -0.2) is 37.4 Å². The first-order chi connectivity index (χ1) is 16.6. The highest BCUT2D eigenvalue weighted by Crippen LogP contribution is 2.30. The first-order valence-corrected chi connectivity index (χ1v) is 11.4. The molecular weight excluding hydrogens is 430 g/mol. The number of nitrogens with zero attached hydrogens (tertiary/aromatic N) is 1. The second-order valence-electron chi connectivity index (χ2n) is 7.94. The molecule has 1 unspecified atom stereocenters. The number of hydrogen-bond acceptors (Lipinski definition) is 6. The van der Waals surface area contributed by atoms with Gasteiger partial charge in [0.15, 0.2) is 6.10 Å². The molecular formula is C28H29NO5. The highest BCUT2D eigenvalue weighted by Gasteiger charge is 2.21. The van der Waals surface area contributed by atoms with Crippen LogP contribution in [0.5, 0.6) is 5.75 Å². The molecule has 1 heterocycles. The molecule has 0 aliphatic carbocycles. The Balaban J connectivity index is 1.48. The third-order valence-electron chi connectivity index (χ3n) is 5.72. The largest absolute Gasteiger partial charge is 0.493 e. The van der Waals surface area contributed by atoms with E-state index in [4.69, 9.17) is 18.6 Å². The Hall–Kier alpha value is -3.64. The number of methoxy groups -OCH3 is 1. The van der Waals surface area contributed by atoms with E-state index >= 15 is 0 Å². The molecule has 6 heteroatoms. The van der Waals surface area contributed by atoms with Crippen molar-refractivity contribution in [1.29, 1.82) is 0 Å². The molecule has 34 heavy (non-hydrogen) atoms. The fraction of sp³-hybridized carbons (Fsp3) is 0.286. The molecule has 0 aliphatic rings. The smallest absolute Gasteiger partial charge is 0.335 e. The molecule has 3 aromatic carbocycles. The number of carbonyl (C=O) groups is 1. The zero-order valence-electron chi connectivity index (χ0n) is 19.7. The average molecular weight is 460 g/mol. The predicted octanol–water partition coefficient (Wildman–Crippen LogP) is 5.55. The Bertz CT molecular complexity index is 1250. The molecule has 0 bridgehead atoms. The minimum atomic E-state index is -0.649. The molecule has 4 rings (SSSR count). The Labute approximate surface area is 199 Å². The van der Waals surface area contributed by atoms with Gasteiger partial charge in [0, 0.05) is 30.9 Å². The van der Waals surface area contributed by atoms with Crippen LogP contribution in [-0.2, 0) is 27.1 Å². The van der Waals surface area contributed by atoms with Gasteiger partial charge in [-0.15, -0.1) is 0 Å². The molecule has 0 fully saturated rings. The lowest BCUT2D eigenvalue weighted by Crippen LogP contribution is -2.27. The number of aryl methyl sites for hydroxylation is 1. The number of benzene rings is 3. The van der Waals surface area contributed by atoms with Gasteiger partial charge in [-0.3, -0.25) is 0 Å². The van der Waals surface area contributed by atoms with Crippen molar-refractivity contribution >= 4 is 16.7 Å². The maximum atomic E-state index is 12.2. The van der Waals surface area contributed by atoms with Crippen LogP contribution in [0.2, 0.25) is 0 Å². The van der Waals surface area contributed by atoms with Crippen LogP contribution in [0.4, 0.5) is 0 Å². The summed E-state index contributed by atoms with van der Waals surface area (Å²) >= 11 is 0. The van der Waals surface area contributed by atoms with Crippen molar-refractivity contribution < 1.29 is 23.4 Å². The van der Waals surface area contributed by atoms with Crippen molar-refractivity contribution in [3.8, 4) is 17.2 Å². The monoisotopic (exact) mass is 459 g/mol. The van der Waals surface area contributed by atoms with E-state index in [2.05, 4.69) is 4.98 Å². The summed E-state index contributed by atoms with van der Waals surface area (Å²) < 4.78 is 22.5. The molecule has 4 aromatic rings. The summed E-state index contributed by atoms with van der Waals surface area (Å²) in [6, 6.07) is 21.8. The Kier molecular flexibility index (Phi) is 7.60. The molecule has 0 N–H and O–H groups in total. The molecule has 0 radical (unpaired) electrons. The van der Waals surface area contributed by atoms with Crippen LogP contribution in [0.25, 0.3) is 22.2 Å². The number of fused-ring (bicyclic) bond motifs is 1. The van der Waals surface area contributed by atoms with Crippen molar-refractivity contribution in [3.05, 3.63) is 83.7 Å². The lowest BCUT2D eigenvalue weighted by molar-refractivity contribution is -0.154. The Morgan fingerprint density at radius 2 is 1.74 bits per heavy atom. The van der Waals surface area contributed by atoms with Crippen LogP contribution in [0.1, 0.15) is 23.9 Å². The number of hydrogen-bond donors (Lipinski definition) is 0. The Morgan fingerprint density at radius 3 is 2.47 bits per heavy atom. The van der Waals surface area contributed by atoms with E-state index in [0.29, 0.717) is 31.9 Å². The fourth-order valence-corrected chi connectivity index (χ4v) is 3.96. The van der Waals surface area contributed by atoms with E-state index in [1.54, 1.807) is 6.92 Å². The summed E-state index contributed by atoms with van der Waals surface area (Å²) in [4.78, 5) is 16.8. The second kappa shape index (κ2) is 11.0. The van der Waals surface area contributed by atoms with E-state index in [-0.39, 0.29) is 5.97 Å². The topological polar surface area (TPSA) is 70.8 Å². The molecule has 1 aromatic heterocycles. The SMILES string of the molecule is CCOC(=O)C(Cc1ccc(OCCc2nc(-c3ccccc3)oc2C)c2ccccc12)OC. The maximum Gasteiger partial charge on any atom is 0.335 e. The van der Waals surface area contributed by atoms with Gasteiger partial charge < -0.3 is 18.6 Å². The van der Waals surface area contributed by atoms with Crippen LogP contribution < -0.4 is 4.74 Å². The van der Waals surface area contributed by atoms with Gasteiger partial charge in [-0.2, -0.15) is 0 Å². The zero-order chi connectivity index (χ0) is 23.9. The first-order valence-electron chi connectivity index (χ1n) is 11.4. The van der Waals surface area contributed by atoms with Gasteiger partial charge in [0.05, 0.1) is 18.9 Å². The third kappa shape index (κ3) is 5.29. The first kappa shape index (κ1) is 23.5. The van der Waals surface area contributed by atoms with Crippen LogP contribution >= 0.6 is 0 Å². The van der Waals surface area contributed by atoms with Crippen LogP contribution in [0.3, 0.4) is 0 Å². The fourth-order valence-electron chi connectivity index (χ4n) is 3.96. The van der Waals surface area contributed by atoms with Crippen molar-refractivity contribution in [3.63, 3.8) is 0 Å². The molecule has 6 nitrogen and oxygen atoms in total. The van der Waals surface area contributed by atoms with Gasteiger partial charge in [0.2, 0.25) is 5.89 Å².